The molecule has 0 aliphatic rings. The van der Waals surface area contributed by atoms with Crippen LogP contribution < -0.4 is 4.74 Å². The number of carbonyl (C=O) groups is 1. The lowest BCUT2D eigenvalue weighted by Gasteiger charge is -2.08. The number of aliphatic hydroxyl groups is 1. The van der Waals surface area contributed by atoms with Gasteiger partial charge in [-0.15, -0.1) is 0 Å². The van der Waals surface area contributed by atoms with E-state index in [9.17, 15) is 13.6 Å². The molecular formula is C9H8F2O4. The van der Waals surface area contributed by atoms with E-state index >= 15 is 0 Å². The minimum absolute atomic E-state index is 0.0133. The van der Waals surface area contributed by atoms with Crippen LogP contribution in [0.15, 0.2) is 24.3 Å². The number of ether oxygens (including phenoxy) is 1. The van der Waals surface area contributed by atoms with Gasteiger partial charge in [0.05, 0.1) is 0 Å². The van der Waals surface area contributed by atoms with Crippen molar-refractivity contribution in [2.24, 2.45) is 0 Å². The predicted octanol–water partition coefficient (Wildman–Crippen LogP) is 1.41. The highest BCUT2D eigenvalue weighted by Gasteiger charge is 2.16. The Morgan fingerprint density at radius 1 is 1.40 bits per heavy atom. The Balaban J connectivity index is 2.87. The van der Waals surface area contributed by atoms with Crippen LogP contribution in [0, 0.1) is 0 Å². The number of aliphatic carboxylic acids is 1. The highest BCUT2D eigenvalue weighted by atomic mass is 19.3. The number of carboxylic acids is 1. The highest BCUT2D eigenvalue weighted by molar-refractivity contribution is 5.74. The molecular weight excluding hydrogens is 210 g/mol. The summed E-state index contributed by atoms with van der Waals surface area (Å²) in [6.45, 7) is -2.98. The first-order valence-electron chi connectivity index (χ1n) is 3.96. The van der Waals surface area contributed by atoms with E-state index in [0.29, 0.717) is 0 Å². The Kier molecular flexibility index (Phi) is 3.56. The quantitative estimate of drug-likeness (QED) is 0.801. The minimum Gasteiger partial charge on any atom is -0.479 e. The molecule has 0 saturated heterocycles. The van der Waals surface area contributed by atoms with Crippen molar-refractivity contribution < 1.29 is 28.5 Å². The second-order valence-corrected chi connectivity index (χ2v) is 2.69. The Hall–Kier alpha value is -1.69. The largest absolute Gasteiger partial charge is 0.479 e. The molecule has 1 aromatic rings. The van der Waals surface area contributed by atoms with E-state index in [2.05, 4.69) is 4.74 Å². The SMILES string of the molecule is O=C(O)C(O)c1cccc(OC(F)F)c1. The van der Waals surface area contributed by atoms with Gasteiger partial charge in [0.15, 0.2) is 6.10 Å². The average Bonchev–Trinajstić information content (AvgIpc) is 2.16. The molecule has 1 rings (SSSR count). The summed E-state index contributed by atoms with van der Waals surface area (Å²) < 4.78 is 27.7. The van der Waals surface area contributed by atoms with E-state index in [1.165, 1.54) is 18.2 Å². The van der Waals surface area contributed by atoms with E-state index in [1.807, 2.05) is 0 Å². The van der Waals surface area contributed by atoms with Crippen LogP contribution in [0.1, 0.15) is 11.7 Å². The highest BCUT2D eigenvalue weighted by Crippen LogP contribution is 2.20. The topological polar surface area (TPSA) is 66.8 Å². The Morgan fingerprint density at radius 2 is 2.07 bits per heavy atom. The smallest absolute Gasteiger partial charge is 0.387 e. The van der Waals surface area contributed by atoms with Gasteiger partial charge in [-0.25, -0.2) is 4.79 Å². The van der Waals surface area contributed by atoms with Crippen molar-refractivity contribution in [2.75, 3.05) is 0 Å². The zero-order valence-corrected chi connectivity index (χ0v) is 7.43. The van der Waals surface area contributed by atoms with Crippen LogP contribution in [0.5, 0.6) is 5.75 Å². The van der Waals surface area contributed by atoms with Crippen LogP contribution in [0.2, 0.25) is 0 Å². The molecule has 0 aliphatic carbocycles. The Bertz CT molecular complexity index is 354. The fourth-order valence-corrected chi connectivity index (χ4v) is 1.00. The van der Waals surface area contributed by atoms with Crippen LogP contribution in [-0.2, 0) is 4.79 Å². The number of carboxylic acid groups (broad SMARTS) is 1. The van der Waals surface area contributed by atoms with Crippen molar-refractivity contribution in [1.29, 1.82) is 0 Å². The second kappa shape index (κ2) is 4.70. The molecule has 0 heterocycles. The van der Waals surface area contributed by atoms with Crippen molar-refractivity contribution in [1.82, 2.24) is 0 Å². The lowest BCUT2D eigenvalue weighted by atomic mass is 10.1. The van der Waals surface area contributed by atoms with Crippen molar-refractivity contribution in [3.05, 3.63) is 29.8 Å². The van der Waals surface area contributed by atoms with Gasteiger partial charge in [-0.05, 0) is 17.7 Å². The minimum atomic E-state index is -2.98. The third-order valence-corrected chi connectivity index (χ3v) is 1.63. The molecule has 6 heteroatoms. The lowest BCUT2D eigenvalue weighted by Crippen LogP contribution is -2.10. The van der Waals surface area contributed by atoms with Crippen LogP contribution in [0.25, 0.3) is 0 Å². The summed E-state index contributed by atoms with van der Waals surface area (Å²) in [6.07, 6.45) is -1.74. The maximum atomic E-state index is 11.8. The Morgan fingerprint density at radius 3 is 2.60 bits per heavy atom. The molecule has 0 saturated carbocycles. The molecule has 0 amide bonds. The molecule has 1 unspecified atom stereocenters. The molecule has 1 atom stereocenters. The lowest BCUT2D eigenvalue weighted by molar-refractivity contribution is -0.146. The summed E-state index contributed by atoms with van der Waals surface area (Å²) in [5.41, 5.74) is -0.0133. The van der Waals surface area contributed by atoms with Crippen molar-refractivity contribution in [3.63, 3.8) is 0 Å². The standard InChI is InChI=1S/C9H8F2O4/c10-9(11)15-6-3-1-2-5(4-6)7(12)8(13)14/h1-4,7,9,12H,(H,13,14). The van der Waals surface area contributed by atoms with Gasteiger partial charge in [0.2, 0.25) is 0 Å². The fraction of sp³-hybridized carbons (Fsp3) is 0.222. The average molecular weight is 218 g/mol. The van der Waals surface area contributed by atoms with E-state index in [-0.39, 0.29) is 11.3 Å². The van der Waals surface area contributed by atoms with Crippen molar-refractivity contribution in [3.8, 4) is 5.75 Å². The van der Waals surface area contributed by atoms with E-state index in [1.54, 1.807) is 0 Å². The molecule has 2 N–H and O–H groups in total. The Labute approximate surface area is 83.7 Å². The third kappa shape index (κ3) is 3.17. The molecule has 4 nitrogen and oxygen atoms in total. The predicted molar refractivity (Wildman–Crippen MR) is 45.7 cm³/mol. The molecule has 0 bridgehead atoms. The molecule has 0 spiro atoms. The second-order valence-electron chi connectivity index (χ2n) is 2.69. The molecule has 0 radical (unpaired) electrons. The number of rotatable bonds is 4. The number of hydrogen-bond donors (Lipinski definition) is 2. The van der Waals surface area contributed by atoms with Crippen LogP contribution in [0.3, 0.4) is 0 Å². The van der Waals surface area contributed by atoms with E-state index < -0.39 is 18.7 Å². The van der Waals surface area contributed by atoms with Gasteiger partial charge < -0.3 is 14.9 Å². The molecule has 0 aliphatic heterocycles. The zero-order chi connectivity index (χ0) is 11.4. The summed E-state index contributed by atoms with van der Waals surface area (Å²) in [5.74, 6) is -1.65. The van der Waals surface area contributed by atoms with Gasteiger partial charge >= 0.3 is 12.6 Å². The molecule has 1 aromatic carbocycles. The first-order chi connectivity index (χ1) is 7.00. The van der Waals surface area contributed by atoms with E-state index in [4.69, 9.17) is 10.2 Å². The van der Waals surface area contributed by atoms with E-state index in [0.717, 1.165) is 6.07 Å². The van der Waals surface area contributed by atoms with Gasteiger partial charge in [-0.3, -0.25) is 0 Å². The van der Waals surface area contributed by atoms with Crippen LogP contribution in [0.4, 0.5) is 8.78 Å². The first-order valence-corrected chi connectivity index (χ1v) is 3.96. The summed E-state index contributed by atoms with van der Waals surface area (Å²) >= 11 is 0. The van der Waals surface area contributed by atoms with Gasteiger partial charge in [0.1, 0.15) is 5.75 Å². The van der Waals surface area contributed by atoms with Crippen molar-refractivity contribution >= 4 is 5.97 Å². The van der Waals surface area contributed by atoms with Gasteiger partial charge in [-0.2, -0.15) is 8.78 Å². The molecule has 15 heavy (non-hydrogen) atoms. The summed E-state index contributed by atoms with van der Waals surface area (Å²) in [6, 6.07) is 4.91. The number of alkyl halides is 2. The van der Waals surface area contributed by atoms with Gasteiger partial charge in [-0.1, -0.05) is 12.1 Å². The normalized spacial score (nSPS) is 12.5. The van der Waals surface area contributed by atoms with Crippen LogP contribution >= 0.6 is 0 Å². The third-order valence-electron chi connectivity index (χ3n) is 1.63. The number of halogens is 2. The van der Waals surface area contributed by atoms with Crippen LogP contribution in [-0.4, -0.2) is 22.8 Å². The number of hydrogen-bond acceptors (Lipinski definition) is 3. The van der Waals surface area contributed by atoms with Gasteiger partial charge in [0.25, 0.3) is 0 Å². The summed E-state index contributed by atoms with van der Waals surface area (Å²) in [4.78, 5) is 10.4. The fourth-order valence-electron chi connectivity index (χ4n) is 1.00. The maximum absolute atomic E-state index is 11.8. The summed E-state index contributed by atoms with van der Waals surface area (Å²) in [5, 5.41) is 17.6. The number of aliphatic hydroxyl groups excluding tert-OH is 1. The van der Waals surface area contributed by atoms with Gasteiger partial charge in [0, 0.05) is 0 Å². The monoisotopic (exact) mass is 218 g/mol. The molecule has 0 fully saturated rings. The number of benzene rings is 1. The van der Waals surface area contributed by atoms with Crippen molar-refractivity contribution in [2.45, 2.75) is 12.7 Å². The molecule has 0 aromatic heterocycles. The zero-order valence-electron chi connectivity index (χ0n) is 7.43. The first kappa shape index (κ1) is 11.4. The summed E-state index contributed by atoms with van der Waals surface area (Å²) in [7, 11) is 0. The molecule has 82 valence electrons. The maximum Gasteiger partial charge on any atom is 0.387 e.